The van der Waals surface area contributed by atoms with Gasteiger partial charge in [-0.25, -0.2) is 0 Å². The molecule has 0 aliphatic carbocycles. The number of benzene rings is 1. The van der Waals surface area contributed by atoms with E-state index in [4.69, 9.17) is 0 Å². The first-order chi connectivity index (χ1) is 6.63. The van der Waals surface area contributed by atoms with E-state index in [1.807, 2.05) is 25.1 Å². The third-order valence-corrected chi connectivity index (χ3v) is 3.48. The summed E-state index contributed by atoms with van der Waals surface area (Å²) in [5, 5.41) is 13.6. The fraction of sp³-hybridized carbons (Fsp3) is 0.455. The molecule has 3 heteroatoms. The highest BCUT2D eigenvalue weighted by Gasteiger charge is 2.35. The van der Waals surface area contributed by atoms with Crippen molar-refractivity contribution in [1.82, 2.24) is 5.32 Å². The maximum atomic E-state index is 10.4. The summed E-state index contributed by atoms with van der Waals surface area (Å²) < 4.78 is 1.00. The summed E-state index contributed by atoms with van der Waals surface area (Å²) in [6.07, 6.45) is 0.788. The molecule has 76 valence electrons. The number of β-amino-alcohol motifs (C(OH)–C–C–N with tert-alkyl or cyclic N) is 1. The van der Waals surface area contributed by atoms with Gasteiger partial charge in [0.2, 0.25) is 0 Å². The Hall–Kier alpha value is -0.380. The highest BCUT2D eigenvalue weighted by atomic mass is 79.9. The van der Waals surface area contributed by atoms with Crippen molar-refractivity contribution < 1.29 is 5.11 Å². The second kappa shape index (κ2) is 3.65. The molecule has 0 aromatic heterocycles. The zero-order valence-corrected chi connectivity index (χ0v) is 9.76. The molecule has 2 nitrogen and oxygen atoms in total. The Balaban J connectivity index is 2.49. The van der Waals surface area contributed by atoms with Crippen LogP contribution < -0.4 is 5.32 Å². The SMILES string of the molecule is Cc1cccc(Br)c1C1(O)CCNC1. The van der Waals surface area contributed by atoms with Crippen LogP contribution in [0.2, 0.25) is 0 Å². The minimum atomic E-state index is -0.690. The molecule has 0 saturated carbocycles. The summed E-state index contributed by atoms with van der Waals surface area (Å²) in [5.74, 6) is 0. The zero-order chi connectivity index (χ0) is 10.2. The zero-order valence-electron chi connectivity index (χ0n) is 8.18. The van der Waals surface area contributed by atoms with E-state index < -0.39 is 5.60 Å². The summed E-state index contributed by atoms with van der Waals surface area (Å²) in [7, 11) is 0. The average Bonchev–Trinajstić information content (AvgIpc) is 2.52. The topological polar surface area (TPSA) is 32.3 Å². The van der Waals surface area contributed by atoms with Crippen molar-refractivity contribution in [3.8, 4) is 0 Å². The summed E-state index contributed by atoms with van der Waals surface area (Å²) >= 11 is 3.50. The molecular weight excluding hydrogens is 242 g/mol. The minimum absolute atomic E-state index is 0.649. The third-order valence-electron chi connectivity index (χ3n) is 2.82. The van der Waals surface area contributed by atoms with E-state index in [1.54, 1.807) is 0 Å². The number of aryl methyl sites for hydroxylation is 1. The molecule has 1 fully saturated rings. The van der Waals surface area contributed by atoms with Crippen LogP contribution in [-0.2, 0) is 5.60 Å². The Kier molecular flexibility index (Phi) is 2.64. The molecule has 1 aliphatic heterocycles. The normalized spacial score (nSPS) is 26.8. The van der Waals surface area contributed by atoms with E-state index in [-0.39, 0.29) is 0 Å². The van der Waals surface area contributed by atoms with Crippen LogP contribution in [0.5, 0.6) is 0 Å². The monoisotopic (exact) mass is 255 g/mol. The lowest BCUT2D eigenvalue weighted by Gasteiger charge is -2.25. The fourth-order valence-corrected chi connectivity index (χ4v) is 2.95. The van der Waals surface area contributed by atoms with Crippen molar-refractivity contribution in [3.05, 3.63) is 33.8 Å². The van der Waals surface area contributed by atoms with Crippen molar-refractivity contribution >= 4 is 15.9 Å². The molecule has 1 heterocycles. The predicted molar refractivity (Wildman–Crippen MR) is 60.3 cm³/mol. The summed E-state index contributed by atoms with van der Waals surface area (Å²) in [6, 6.07) is 6.02. The van der Waals surface area contributed by atoms with Gasteiger partial charge in [0.15, 0.2) is 0 Å². The quantitative estimate of drug-likeness (QED) is 0.804. The van der Waals surface area contributed by atoms with Gasteiger partial charge in [0.05, 0.1) is 0 Å². The lowest BCUT2D eigenvalue weighted by Crippen LogP contribution is -2.29. The molecule has 0 radical (unpaired) electrons. The van der Waals surface area contributed by atoms with Crippen LogP contribution in [0.4, 0.5) is 0 Å². The van der Waals surface area contributed by atoms with Crippen LogP contribution in [-0.4, -0.2) is 18.2 Å². The number of hydrogen-bond donors (Lipinski definition) is 2. The van der Waals surface area contributed by atoms with E-state index in [2.05, 4.69) is 21.2 Å². The van der Waals surface area contributed by atoms with Gasteiger partial charge in [0, 0.05) is 16.6 Å². The number of rotatable bonds is 1. The van der Waals surface area contributed by atoms with Crippen LogP contribution in [0, 0.1) is 6.92 Å². The number of nitrogens with one attached hydrogen (secondary N) is 1. The maximum Gasteiger partial charge on any atom is 0.105 e. The summed E-state index contributed by atoms with van der Waals surface area (Å²) in [4.78, 5) is 0. The van der Waals surface area contributed by atoms with Crippen LogP contribution in [0.1, 0.15) is 17.5 Å². The second-order valence-electron chi connectivity index (χ2n) is 3.89. The first-order valence-electron chi connectivity index (χ1n) is 4.82. The molecule has 1 aromatic rings. The first-order valence-corrected chi connectivity index (χ1v) is 5.61. The van der Waals surface area contributed by atoms with Crippen LogP contribution in [0.3, 0.4) is 0 Å². The van der Waals surface area contributed by atoms with Gasteiger partial charge in [-0.1, -0.05) is 28.1 Å². The van der Waals surface area contributed by atoms with Gasteiger partial charge in [-0.2, -0.15) is 0 Å². The Morgan fingerprint density at radius 2 is 2.29 bits per heavy atom. The van der Waals surface area contributed by atoms with E-state index in [1.165, 1.54) is 0 Å². The van der Waals surface area contributed by atoms with Crippen molar-refractivity contribution in [2.24, 2.45) is 0 Å². The van der Waals surface area contributed by atoms with Gasteiger partial charge in [-0.3, -0.25) is 0 Å². The van der Waals surface area contributed by atoms with Gasteiger partial charge >= 0.3 is 0 Å². The Morgan fingerprint density at radius 3 is 2.86 bits per heavy atom. The molecule has 2 N–H and O–H groups in total. The Morgan fingerprint density at radius 1 is 1.50 bits per heavy atom. The smallest absolute Gasteiger partial charge is 0.105 e. The van der Waals surface area contributed by atoms with Gasteiger partial charge in [-0.15, -0.1) is 0 Å². The van der Waals surface area contributed by atoms with Crippen LogP contribution in [0.25, 0.3) is 0 Å². The van der Waals surface area contributed by atoms with Crippen LogP contribution >= 0.6 is 15.9 Å². The van der Waals surface area contributed by atoms with Crippen molar-refractivity contribution in [2.75, 3.05) is 13.1 Å². The predicted octanol–water partition coefficient (Wildman–Crippen LogP) is 1.94. The lowest BCUT2D eigenvalue weighted by molar-refractivity contribution is 0.0573. The third kappa shape index (κ3) is 1.60. The second-order valence-corrected chi connectivity index (χ2v) is 4.74. The van der Waals surface area contributed by atoms with Gasteiger partial charge in [0.25, 0.3) is 0 Å². The van der Waals surface area contributed by atoms with Gasteiger partial charge in [-0.05, 0) is 31.5 Å². The largest absolute Gasteiger partial charge is 0.384 e. The molecule has 1 aromatic carbocycles. The van der Waals surface area contributed by atoms with Gasteiger partial charge in [0.1, 0.15) is 5.60 Å². The fourth-order valence-electron chi connectivity index (χ4n) is 2.11. The molecule has 2 rings (SSSR count). The molecule has 0 spiro atoms. The van der Waals surface area contributed by atoms with E-state index in [0.717, 1.165) is 28.6 Å². The van der Waals surface area contributed by atoms with E-state index in [0.29, 0.717) is 6.54 Å². The standard InChI is InChI=1S/C11H14BrNO/c1-8-3-2-4-9(12)10(8)11(14)5-6-13-7-11/h2-4,13-14H,5-7H2,1H3. The molecule has 14 heavy (non-hydrogen) atoms. The van der Waals surface area contributed by atoms with Crippen molar-refractivity contribution in [3.63, 3.8) is 0 Å². The Labute approximate surface area is 92.5 Å². The molecular formula is C11H14BrNO. The summed E-state index contributed by atoms with van der Waals surface area (Å²) in [6.45, 7) is 3.57. The number of halogens is 1. The highest BCUT2D eigenvalue weighted by Crippen LogP contribution is 2.35. The molecule has 0 amide bonds. The first kappa shape index (κ1) is 10.1. The number of aliphatic hydroxyl groups is 1. The number of hydrogen-bond acceptors (Lipinski definition) is 2. The maximum absolute atomic E-state index is 10.4. The molecule has 1 unspecified atom stereocenters. The lowest BCUT2D eigenvalue weighted by atomic mass is 9.89. The molecule has 0 bridgehead atoms. The van der Waals surface area contributed by atoms with Gasteiger partial charge < -0.3 is 10.4 Å². The molecule has 1 saturated heterocycles. The van der Waals surface area contributed by atoms with E-state index >= 15 is 0 Å². The van der Waals surface area contributed by atoms with Crippen LogP contribution in [0.15, 0.2) is 22.7 Å². The Bertz CT molecular complexity index is 325. The summed E-state index contributed by atoms with van der Waals surface area (Å²) in [5.41, 5.74) is 1.49. The molecule has 1 atom stereocenters. The van der Waals surface area contributed by atoms with Crippen molar-refractivity contribution in [2.45, 2.75) is 18.9 Å². The van der Waals surface area contributed by atoms with Crippen molar-refractivity contribution in [1.29, 1.82) is 0 Å². The average molecular weight is 256 g/mol. The highest BCUT2D eigenvalue weighted by molar-refractivity contribution is 9.10. The van der Waals surface area contributed by atoms with E-state index in [9.17, 15) is 5.11 Å². The minimum Gasteiger partial charge on any atom is -0.384 e. The molecule has 1 aliphatic rings.